The quantitative estimate of drug-likeness (QED) is 0.609. The van der Waals surface area contributed by atoms with E-state index in [0.29, 0.717) is 18.1 Å². The molecule has 0 N–H and O–H groups in total. The molecule has 2 rings (SSSR count). The van der Waals surface area contributed by atoms with Crippen LogP contribution in [0.3, 0.4) is 0 Å². The minimum Gasteiger partial charge on any atom is -0.364 e. The van der Waals surface area contributed by atoms with Crippen molar-refractivity contribution in [3.8, 4) is 0 Å². The Morgan fingerprint density at radius 1 is 1.17 bits per heavy atom. The standard InChI is InChI=1S/C11H14O/c1-8(2)10-11(12-10)9-6-4-3-5-7-9/h3-8,10-11H,1-2H3/t10-,11-/m1/s1. The van der Waals surface area contributed by atoms with Gasteiger partial charge in [-0.1, -0.05) is 44.2 Å². The molecule has 1 heterocycles. The number of epoxide rings is 1. The van der Waals surface area contributed by atoms with Gasteiger partial charge in [0.05, 0.1) is 6.10 Å². The Morgan fingerprint density at radius 3 is 2.33 bits per heavy atom. The van der Waals surface area contributed by atoms with E-state index < -0.39 is 0 Å². The largest absolute Gasteiger partial charge is 0.364 e. The average molecular weight is 162 g/mol. The molecule has 0 spiro atoms. The van der Waals surface area contributed by atoms with Gasteiger partial charge in [-0.15, -0.1) is 0 Å². The van der Waals surface area contributed by atoms with E-state index >= 15 is 0 Å². The van der Waals surface area contributed by atoms with Crippen LogP contribution in [0, 0.1) is 5.92 Å². The first-order chi connectivity index (χ1) is 5.79. The third-order valence-corrected chi connectivity index (χ3v) is 2.31. The Hall–Kier alpha value is -0.820. The Morgan fingerprint density at radius 2 is 1.83 bits per heavy atom. The zero-order valence-electron chi connectivity index (χ0n) is 7.53. The van der Waals surface area contributed by atoms with Crippen LogP contribution in [0.2, 0.25) is 0 Å². The first-order valence-corrected chi connectivity index (χ1v) is 4.49. The van der Waals surface area contributed by atoms with E-state index in [2.05, 4.69) is 38.1 Å². The van der Waals surface area contributed by atoms with E-state index in [4.69, 9.17) is 4.74 Å². The summed E-state index contributed by atoms with van der Waals surface area (Å²) in [5.74, 6) is 0.634. The van der Waals surface area contributed by atoms with Crippen LogP contribution in [0.4, 0.5) is 0 Å². The third kappa shape index (κ3) is 1.37. The van der Waals surface area contributed by atoms with Gasteiger partial charge in [-0.25, -0.2) is 0 Å². The molecule has 1 aliphatic heterocycles. The maximum atomic E-state index is 5.56. The highest BCUT2D eigenvalue weighted by Gasteiger charge is 2.41. The van der Waals surface area contributed by atoms with Crippen molar-refractivity contribution >= 4 is 0 Å². The van der Waals surface area contributed by atoms with Gasteiger partial charge < -0.3 is 4.74 Å². The van der Waals surface area contributed by atoms with Gasteiger partial charge in [0.15, 0.2) is 0 Å². The van der Waals surface area contributed by atoms with Crippen molar-refractivity contribution < 1.29 is 4.74 Å². The Balaban J connectivity index is 2.06. The van der Waals surface area contributed by atoms with Crippen molar-refractivity contribution in [3.63, 3.8) is 0 Å². The number of benzene rings is 1. The van der Waals surface area contributed by atoms with Crippen LogP contribution in [0.15, 0.2) is 30.3 Å². The van der Waals surface area contributed by atoms with Gasteiger partial charge in [0.2, 0.25) is 0 Å². The second-order valence-corrected chi connectivity index (χ2v) is 3.68. The second-order valence-electron chi connectivity index (χ2n) is 3.68. The summed E-state index contributed by atoms with van der Waals surface area (Å²) in [5, 5.41) is 0. The molecule has 1 aromatic carbocycles. The SMILES string of the molecule is CC(C)[C@H]1O[C@@H]1c1ccccc1. The number of hydrogen-bond donors (Lipinski definition) is 0. The van der Waals surface area contributed by atoms with Gasteiger partial charge in [-0.3, -0.25) is 0 Å². The van der Waals surface area contributed by atoms with E-state index in [1.54, 1.807) is 0 Å². The van der Waals surface area contributed by atoms with Crippen molar-refractivity contribution in [2.75, 3.05) is 0 Å². The lowest BCUT2D eigenvalue weighted by Gasteiger charge is -1.97. The van der Waals surface area contributed by atoms with Crippen LogP contribution in [0.1, 0.15) is 25.5 Å². The molecule has 1 aromatic rings. The van der Waals surface area contributed by atoms with Crippen molar-refractivity contribution in [3.05, 3.63) is 35.9 Å². The fourth-order valence-electron chi connectivity index (χ4n) is 1.54. The molecule has 0 unspecified atom stereocenters. The molecule has 0 saturated carbocycles. The Bertz CT molecular complexity index is 253. The molecule has 2 atom stereocenters. The molecular weight excluding hydrogens is 148 g/mol. The molecule has 1 heteroatoms. The van der Waals surface area contributed by atoms with Gasteiger partial charge in [0, 0.05) is 0 Å². The molecule has 0 aromatic heterocycles. The normalized spacial score (nSPS) is 27.6. The van der Waals surface area contributed by atoms with Crippen LogP contribution in [0.25, 0.3) is 0 Å². The monoisotopic (exact) mass is 162 g/mol. The van der Waals surface area contributed by atoms with E-state index in [1.807, 2.05) is 6.07 Å². The maximum absolute atomic E-state index is 5.56. The van der Waals surface area contributed by atoms with Crippen molar-refractivity contribution in [1.82, 2.24) is 0 Å². The number of hydrogen-bond acceptors (Lipinski definition) is 1. The fourth-order valence-corrected chi connectivity index (χ4v) is 1.54. The molecule has 1 nitrogen and oxygen atoms in total. The van der Waals surface area contributed by atoms with Crippen LogP contribution in [-0.4, -0.2) is 6.10 Å². The minimum absolute atomic E-state index is 0.367. The average Bonchev–Trinajstić information content (AvgIpc) is 2.84. The van der Waals surface area contributed by atoms with Gasteiger partial charge in [0.25, 0.3) is 0 Å². The third-order valence-electron chi connectivity index (χ3n) is 2.31. The first kappa shape index (κ1) is 7.81. The molecule has 1 fully saturated rings. The molecule has 1 saturated heterocycles. The Kier molecular flexibility index (Phi) is 1.89. The predicted molar refractivity (Wildman–Crippen MR) is 48.9 cm³/mol. The summed E-state index contributed by atoms with van der Waals surface area (Å²) in [6.07, 6.45) is 0.818. The van der Waals surface area contributed by atoms with Crippen LogP contribution in [0.5, 0.6) is 0 Å². The summed E-state index contributed by atoms with van der Waals surface area (Å²) < 4.78 is 5.56. The van der Waals surface area contributed by atoms with Crippen molar-refractivity contribution in [2.24, 2.45) is 5.92 Å². The summed E-state index contributed by atoms with van der Waals surface area (Å²) in [4.78, 5) is 0. The number of ether oxygens (including phenoxy) is 1. The highest BCUT2D eigenvalue weighted by molar-refractivity contribution is 5.22. The van der Waals surface area contributed by atoms with E-state index in [9.17, 15) is 0 Å². The molecule has 1 aliphatic rings. The molecular formula is C11H14O. The zero-order chi connectivity index (χ0) is 8.55. The Labute approximate surface area is 73.4 Å². The van der Waals surface area contributed by atoms with Gasteiger partial charge >= 0.3 is 0 Å². The van der Waals surface area contributed by atoms with E-state index in [1.165, 1.54) is 5.56 Å². The molecule has 12 heavy (non-hydrogen) atoms. The lowest BCUT2D eigenvalue weighted by Crippen LogP contribution is -1.97. The smallest absolute Gasteiger partial charge is 0.109 e. The second kappa shape index (κ2) is 2.91. The predicted octanol–water partition coefficient (Wildman–Crippen LogP) is 2.78. The topological polar surface area (TPSA) is 12.5 Å². The van der Waals surface area contributed by atoms with E-state index in [-0.39, 0.29) is 0 Å². The number of rotatable bonds is 2. The fraction of sp³-hybridized carbons (Fsp3) is 0.455. The summed E-state index contributed by atoms with van der Waals surface area (Å²) in [6, 6.07) is 10.4. The van der Waals surface area contributed by atoms with Crippen molar-refractivity contribution in [2.45, 2.75) is 26.1 Å². The lowest BCUT2D eigenvalue weighted by atomic mass is 10.0. The lowest BCUT2D eigenvalue weighted by molar-refractivity contribution is 0.336. The summed E-state index contributed by atoms with van der Waals surface area (Å²) >= 11 is 0. The van der Waals surface area contributed by atoms with Crippen molar-refractivity contribution in [1.29, 1.82) is 0 Å². The highest BCUT2D eigenvalue weighted by Crippen LogP contribution is 2.42. The summed E-state index contributed by atoms with van der Waals surface area (Å²) in [6.45, 7) is 4.40. The molecule has 64 valence electrons. The van der Waals surface area contributed by atoms with Gasteiger partial charge in [-0.05, 0) is 11.5 Å². The minimum atomic E-state index is 0.367. The van der Waals surface area contributed by atoms with Crippen LogP contribution >= 0.6 is 0 Å². The van der Waals surface area contributed by atoms with E-state index in [0.717, 1.165) is 0 Å². The zero-order valence-corrected chi connectivity index (χ0v) is 7.53. The van der Waals surface area contributed by atoms with Crippen LogP contribution in [-0.2, 0) is 4.74 Å². The summed E-state index contributed by atoms with van der Waals surface area (Å²) in [5.41, 5.74) is 1.32. The molecule has 0 bridgehead atoms. The summed E-state index contributed by atoms with van der Waals surface area (Å²) in [7, 11) is 0. The van der Waals surface area contributed by atoms with Gasteiger partial charge in [-0.2, -0.15) is 0 Å². The molecule has 0 aliphatic carbocycles. The van der Waals surface area contributed by atoms with Crippen LogP contribution < -0.4 is 0 Å². The molecule has 0 amide bonds. The molecule has 0 radical (unpaired) electrons. The maximum Gasteiger partial charge on any atom is 0.109 e. The first-order valence-electron chi connectivity index (χ1n) is 4.49. The van der Waals surface area contributed by atoms with Gasteiger partial charge in [0.1, 0.15) is 6.10 Å². The highest BCUT2D eigenvalue weighted by atomic mass is 16.6.